The van der Waals surface area contributed by atoms with Gasteiger partial charge in [-0.2, -0.15) is 0 Å². The fourth-order valence-electron chi connectivity index (χ4n) is 1.43. The van der Waals surface area contributed by atoms with E-state index in [1.165, 1.54) is 12.3 Å². The van der Waals surface area contributed by atoms with Crippen LogP contribution in [0.3, 0.4) is 0 Å². The third-order valence-corrected chi connectivity index (χ3v) is 2.31. The van der Waals surface area contributed by atoms with Gasteiger partial charge >= 0.3 is 0 Å². The summed E-state index contributed by atoms with van der Waals surface area (Å²) in [6.45, 7) is 4.20. The summed E-state index contributed by atoms with van der Waals surface area (Å²) in [6.07, 6.45) is 3.38. The second-order valence-corrected chi connectivity index (χ2v) is 3.66. The Labute approximate surface area is 94.8 Å². The minimum atomic E-state index is -0.319. The van der Waals surface area contributed by atoms with Crippen molar-refractivity contribution in [3.05, 3.63) is 29.8 Å². The molecule has 16 heavy (non-hydrogen) atoms. The zero-order valence-corrected chi connectivity index (χ0v) is 9.41. The predicted octanol–water partition coefficient (Wildman–Crippen LogP) is 1.37. The lowest BCUT2D eigenvalue weighted by Crippen LogP contribution is -2.27. The molecule has 1 rings (SSSR count). The standard InChI is InChI=1S/C11H17FN4/c1-2-16(4-3-11(13)14)8-9-5-10(12)7-15-6-9/h5-7H,2-4,8H2,1H3,(H3,13,14). The lowest BCUT2D eigenvalue weighted by atomic mass is 10.2. The summed E-state index contributed by atoms with van der Waals surface area (Å²) < 4.78 is 12.9. The van der Waals surface area contributed by atoms with Crippen molar-refractivity contribution < 1.29 is 4.39 Å². The minimum absolute atomic E-state index is 0.177. The molecule has 88 valence electrons. The Morgan fingerprint density at radius 2 is 2.31 bits per heavy atom. The summed E-state index contributed by atoms with van der Waals surface area (Å²) in [5.41, 5.74) is 6.14. The summed E-state index contributed by atoms with van der Waals surface area (Å²) in [6, 6.07) is 1.48. The van der Waals surface area contributed by atoms with Gasteiger partial charge in [-0.15, -0.1) is 0 Å². The minimum Gasteiger partial charge on any atom is -0.388 e. The van der Waals surface area contributed by atoms with Crippen molar-refractivity contribution >= 4 is 5.84 Å². The molecule has 1 heterocycles. The van der Waals surface area contributed by atoms with Crippen LogP contribution in [0.1, 0.15) is 18.9 Å². The molecule has 0 spiro atoms. The van der Waals surface area contributed by atoms with Crippen molar-refractivity contribution in [1.82, 2.24) is 9.88 Å². The quantitative estimate of drug-likeness (QED) is 0.566. The predicted molar refractivity (Wildman–Crippen MR) is 61.7 cm³/mol. The molecule has 0 saturated heterocycles. The van der Waals surface area contributed by atoms with E-state index in [-0.39, 0.29) is 11.7 Å². The first-order valence-electron chi connectivity index (χ1n) is 5.26. The molecule has 4 nitrogen and oxygen atoms in total. The van der Waals surface area contributed by atoms with Crippen LogP contribution in [0, 0.1) is 11.2 Å². The number of nitrogens with zero attached hydrogens (tertiary/aromatic N) is 2. The summed E-state index contributed by atoms with van der Waals surface area (Å²) >= 11 is 0. The molecule has 0 bridgehead atoms. The molecule has 0 unspecified atom stereocenters. The summed E-state index contributed by atoms with van der Waals surface area (Å²) in [4.78, 5) is 5.89. The summed E-state index contributed by atoms with van der Waals surface area (Å²) in [5.74, 6) is -0.143. The fraction of sp³-hybridized carbons (Fsp3) is 0.455. The van der Waals surface area contributed by atoms with E-state index < -0.39 is 0 Å². The Balaban J connectivity index is 2.52. The first kappa shape index (κ1) is 12.6. The normalized spacial score (nSPS) is 10.7. The maximum absolute atomic E-state index is 12.9. The van der Waals surface area contributed by atoms with E-state index in [1.807, 2.05) is 6.92 Å². The molecule has 3 N–H and O–H groups in total. The van der Waals surface area contributed by atoms with Crippen LogP contribution < -0.4 is 5.73 Å². The molecule has 0 aliphatic rings. The van der Waals surface area contributed by atoms with Crippen LogP contribution in [0.5, 0.6) is 0 Å². The monoisotopic (exact) mass is 224 g/mol. The smallest absolute Gasteiger partial charge is 0.141 e. The SMILES string of the molecule is CCN(CCC(=N)N)Cc1cncc(F)c1. The van der Waals surface area contributed by atoms with E-state index in [0.717, 1.165) is 12.1 Å². The second kappa shape index (κ2) is 6.17. The van der Waals surface area contributed by atoms with E-state index in [1.54, 1.807) is 6.20 Å². The Morgan fingerprint density at radius 3 is 2.88 bits per heavy atom. The fourth-order valence-corrected chi connectivity index (χ4v) is 1.43. The van der Waals surface area contributed by atoms with Gasteiger partial charge in [0.25, 0.3) is 0 Å². The maximum Gasteiger partial charge on any atom is 0.141 e. The van der Waals surface area contributed by atoms with E-state index in [2.05, 4.69) is 9.88 Å². The summed E-state index contributed by atoms with van der Waals surface area (Å²) in [5, 5.41) is 7.16. The second-order valence-electron chi connectivity index (χ2n) is 3.66. The molecule has 5 heteroatoms. The lowest BCUT2D eigenvalue weighted by molar-refractivity contribution is 0.287. The molecule has 0 atom stereocenters. The van der Waals surface area contributed by atoms with Gasteiger partial charge in [-0.05, 0) is 18.2 Å². The van der Waals surface area contributed by atoms with E-state index in [9.17, 15) is 4.39 Å². The molecule has 1 aromatic heterocycles. The average molecular weight is 224 g/mol. The van der Waals surface area contributed by atoms with Gasteiger partial charge in [-0.1, -0.05) is 6.92 Å². The van der Waals surface area contributed by atoms with Gasteiger partial charge in [-0.25, -0.2) is 4.39 Å². The van der Waals surface area contributed by atoms with E-state index >= 15 is 0 Å². The number of amidine groups is 1. The number of nitrogens with one attached hydrogen (secondary N) is 1. The molecule has 0 radical (unpaired) electrons. The maximum atomic E-state index is 12.9. The van der Waals surface area contributed by atoms with Crippen LogP contribution >= 0.6 is 0 Å². The van der Waals surface area contributed by atoms with Crippen molar-refractivity contribution in [3.63, 3.8) is 0 Å². The molecule has 0 aliphatic carbocycles. The number of pyridine rings is 1. The molecular weight excluding hydrogens is 207 g/mol. The van der Waals surface area contributed by atoms with Crippen LogP contribution in [-0.2, 0) is 6.54 Å². The molecule has 0 saturated carbocycles. The zero-order valence-electron chi connectivity index (χ0n) is 9.41. The van der Waals surface area contributed by atoms with Crippen LogP contribution in [0.4, 0.5) is 4.39 Å². The Morgan fingerprint density at radius 1 is 1.56 bits per heavy atom. The topological polar surface area (TPSA) is 66.0 Å². The number of hydrogen-bond acceptors (Lipinski definition) is 3. The van der Waals surface area contributed by atoms with Crippen LogP contribution in [0.15, 0.2) is 18.5 Å². The highest BCUT2D eigenvalue weighted by Crippen LogP contribution is 2.05. The van der Waals surface area contributed by atoms with Crippen LogP contribution in [0.2, 0.25) is 0 Å². The van der Waals surface area contributed by atoms with Gasteiger partial charge in [0.2, 0.25) is 0 Å². The molecule has 0 aliphatic heterocycles. The van der Waals surface area contributed by atoms with Crippen LogP contribution in [0.25, 0.3) is 0 Å². The summed E-state index contributed by atoms with van der Waals surface area (Å²) in [7, 11) is 0. The molecule has 0 fully saturated rings. The van der Waals surface area contributed by atoms with E-state index in [4.69, 9.17) is 11.1 Å². The highest BCUT2D eigenvalue weighted by atomic mass is 19.1. The third-order valence-electron chi connectivity index (χ3n) is 2.31. The number of rotatable bonds is 6. The Hall–Kier alpha value is -1.49. The molecule has 0 aromatic carbocycles. The highest BCUT2D eigenvalue weighted by molar-refractivity contribution is 5.76. The molecular formula is C11H17FN4. The highest BCUT2D eigenvalue weighted by Gasteiger charge is 2.05. The first-order valence-corrected chi connectivity index (χ1v) is 5.26. The average Bonchev–Trinajstić information content (AvgIpc) is 2.24. The van der Waals surface area contributed by atoms with Crippen molar-refractivity contribution in [2.24, 2.45) is 5.73 Å². The number of hydrogen-bond donors (Lipinski definition) is 2. The van der Waals surface area contributed by atoms with Crippen molar-refractivity contribution in [2.75, 3.05) is 13.1 Å². The molecule has 0 amide bonds. The van der Waals surface area contributed by atoms with Gasteiger partial charge in [0.15, 0.2) is 0 Å². The first-order chi connectivity index (χ1) is 7.61. The lowest BCUT2D eigenvalue weighted by Gasteiger charge is -2.19. The van der Waals surface area contributed by atoms with Gasteiger partial charge in [0.05, 0.1) is 12.0 Å². The van der Waals surface area contributed by atoms with E-state index in [0.29, 0.717) is 19.5 Å². The van der Waals surface area contributed by atoms with Crippen molar-refractivity contribution in [3.8, 4) is 0 Å². The zero-order chi connectivity index (χ0) is 12.0. The van der Waals surface area contributed by atoms with Gasteiger partial charge in [-0.3, -0.25) is 15.3 Å². The van der Waals surface area contributed by atoms with Gasteiger partial charge in [0.1, 0.15) is 5.82 Å². The molecule has 1 aromatic rings. The number of aromatic nitrogens is 1. The Bertz CT molecular complexity index is 354. The van der Waals surface area contributed by atoms with Crippen molar-refractivity contribution in [2.45, 2.75) is 19.9 Å². The largest absolute Gasteiger partial charge is 0.388 e. The van der Waals surface area contributed by atoms with Gasteiger partial charge in [0, 0.05) is 25.7 Å². The van der Waals surface area contributed by atoms with Gasteiger partial charge < -0.3 is 5.73 Å². The number of nitrogens with two attached hydrogens (primary N) is 1. The number of halogens is 1. The van der Waals surface area contributed by atoms with Crippen molar-refractivity contribution in [1.29, 1.82) is 5.41 Å². The Kier molecular flexibility index (Phi) is 4.85. The third kappa shape index (κ3) is 4.35. The van der Waals surface area contributed by atoms with Crippen LogP contribution in [-0.4, -0.2) is 28.8 Å².